The summed E-state index contributed by atoms with van der Waals surface area (Å²) >= 11 is 0. The standard InChI is InChI=1S/C44H46F2N6O3/c1-23(2)38(50-41(54)55-4)40(53)52-22-43(13-14-43)20-36(52)39-47-21-35(49-39)26-6-11-31-30-10-5-25(16-32(30)44(45,46)33(31)17-26)24-7-12-34-27(15-24)18-37(48-34)42(3)28-8-9-29(19-28)51-42/h5-7,10-12,15-17,21,23,28-29,36,38,51H,8-9,13-14,18-20,22H2,1-4H3,(H,47,49)(H,50,54)/t28-,29+,36-,38-,42-/m0/s1. The van der Waals surface area contributed by atoms with Gasteiger partial charge in [-0.15, -0.1) is 0 Å². The zero-order chi connectivity index (χ0) is 38.0. The van der Waals surface area contributed by atoms with Gasteiger partial charge in [-0.05, 0) is 115 Å². The molecule has 1 spiro atoms. The molecule has 3 aromatic carbocycles. The van der Waals surface area contributed by atoms with E-state index >= 15 is 8.78 Å². The first-order chi connectivity index (χ1) is 26.4. The molecular formula is C44H46F2N6O3. The number of nitrogens with zero attached hydrogens (tertiary/aromatic N) is 3. The lowest BCUT2D eigenvalue weighted by Gasteiger charge is -2.35. The number of alkyl carbamates (subject to hydrolysis) is 1. The van der Waals surface area contributed by atoms with Gasteiger partial charge in [0, 0.05) is 41.4 Å². The van der Waals surface area contributed by atoms with E-state index in [4.69, 9.17) is 14.7 Å². The molecule has 2 saturated heterocycles. The SMILES string of the molecule is COC(=O)N[C@H](C(=O)N1CC2(CC2)C[C@H]1c1ncc(-c2ccc3c(c2)C(F)(F)c2cc(-c4ccc5c(c4)CC([C@@]4(C)N[C@@H]6CC[C@H]4C6)=N5)ccc2-3)[nH]1)C(C)C. The van der Waals surface area contributed by atoms with Gasteiger partial charge in [-0.2, -0.15) is 8.78 Å². The third kappa shape index (κ3) is 5.39. The Kier molecular flexibility index (Phi) is 7.58. The number of aromatic nitrogens is 2. The first-order valence-electron chi connectivity index (χ1n) is 19.7. The summed E-state index contributed by atoms with van der Waals surface area (Å²) in [6.45, 7) is 6.66. The van der Waals surface area contributed by atoms with Gasteiger partial charge in [0.25, 0.3) is 5.92 Å². The quantitative estimate of drug-likeness (QED) is 0.176. The van der Waals surface area contributed by atoms with Gasteiger partial charge in [-0.3, -0.25) is 9.79 Å². The number of nitrogens with one attached hydrogen (secondary N) is 3. The molecule has 2 saturated carbocycles. The fourth-order valence-electron chi connectivity index (χ4n) is 10.4. The lowest BCUT2D eigenvalue weighted by Crippen LogP contribution is -2.53. The lowest BCUT2D eigenvalue weighted by molar-refractivity contribution is -0.135. The summed E-state index contributed by atoms with van der Waals surface area (Å²) in [7, 11) is 1.28. The van der Waals surface area contributed by atoms with Gasteiger partial charge in [0.1, 0.15) is 11.9 Å². The minimum absolute atomic E-state index is 0.00805. The number of halogens is 2. The van der Waals surface area contributed by atoms with Crippen molar-refractivity contribution in [1.82, 2.24) is 25.5 Å². The maximum absolute atomic E-state index is 16.5. The van der Waals surface area contributed by atoms with Crippen molar-refractivity contribution in [1.29, 1.82) is 0 Å². The Bertz CT molecular complexity index is 2310. The molecule has 1 aromatic heterocycles. The Balaban J connectivity index is 0.898. The number of aromatic amines is 1. The monoisotopic (exact) mass is 744 g/mol. The fraction of sp³-hybridized carbons (Fsp3) is 0.455. The second-order valence-electron chi connectivity index (χ2n) is 17.5. The predicted octanol–water partition coefficient (Wildman–Crippen LogP) is 8.46. The van der Waals surface area contributed by atoms with Crippen LogP contribution in [0.2, 0.25) is 0 Å². The van der Waals surface area contributed by atoms with E-state index in [1.807, 2.05) is 49.1 Å². The first-order valence-corrected chi connectivity index (χ1v) is 19.7. The number of likely N-dealkylation sites (tertiary alicyclic amines) is 1. The van der Waals surface area contributed by atoms with E-state index in [1.165, 1.54) is 32.1 Å². The molecule has 6 aliphatic rings. The maximum atomic E-state index is 16.5. The average molecular weight is 745 g/mol. The number of hydrogen-bond donors (Lipinski definition) is 3. The number of aliphatic imine (C=N–C) groups is 1. The Morgan fingerprint density at radius 2 is 1.69 bits per heavy atom. The number of ether oxygens (including phenoxy) is 1. The topological polar surface area (TPSA) is 112 Å². The van der Waals surface area contributed by atoms with Gasteiger partial charge in [0.15, 0.2) is 0 Å². The second kappa shape index (κ2) is 12.0. The molecule has 4 heterocycles. The van der Waals surface area contributed by atoms with Crippen LogP contribution in [-0.2, 0) is 21.9 Å². The molecule has 11 heteroatoms. The Hall–Kier alpha value is -4.90. The highest BCUT2D eigenvalue weighted by atomic mass is 19.3. The molecule has 2 bridgehead atoms. The molecular weight excluding hydrogens is 699 g/mol. The summed E-state index contributed by atoms with van der Waals surface area (Å²) in [5.41, 5.74) is 7.21. The van der Waals surface area contributed by atoms with E-state index in [0.717, 1.165) is 48.1 Å². The van der Waals surface area contributed by atoms with E-state index in [1.54, 1.807) is 24.4 Å². The van der Waals surface area contributed by atoms with E-state index in [2.05, 4.69) is 28.6 Å². The Morgan fingerprint density at radius 1 is 0.982 bits per heavy atom. The van der Waals surface area contributed by atoms with Crippen LogP contribution in [0.5, 0.6) is 0 Å². The van der Waals surface area contributed by atoms with Crippen molar-refractivity contribution in [2.75, 3.05) is 13.7 Å². The van der Waals surface area contributed by atoms with Crippen molar-refractivity contribution in [3.05, 3.63) is 83.3 Å². The van der Waals surface area contributed by atoms with Crippen LogP contribution in [0.25, 0.3) is 33.5 Å². The second-order valence-corrected chi connectivity index (χ2v) is 17.5. The first kappa shape index (κ1) is 34.6. The largest absolute Gasteiger partial charge is 0.453 e. The summed E-state index contributed by atoms with van der Waals surface area (Å²) in [5, 5.41) is 6.55. The van der Waals surface area contributed by atoms with Crippen LogP contribution in [-0.4, -0.2) is 63.9 Å². The summed E-state index contributed by atoms with van der Waals surface area (Å²) in [5.74, 6) is -2.30. The van der Waals surface area contributed by atoms with Gasteiger partial charge in [0.2, 0.25) is 5.91 Å². The van der Waals surface area contributed by atoms with Crippen LogP contribution < -0.4 is 10.6 Å². The number of alkyl halides is 2. The van der Waals surface area contributed by atoms with Gasteiger partial charge >= 0.3 is 6.09 Å². The number of rotatable bonds is 7. The van der Waals surface area contributed by atoms with Crippen molar-refractivity contribution >= 4 is 23.4 Å². The number of carbonyl (C=O) groups excluding carboxylic acids is 2. The molecule has 3 aliphatic carbocycles. The number of amides is 2. The van der Waals surface area contributed by atoms with Gasteiger partial charge in [-0.1, -0.05) is 44.2 Å². The summed E-state index contributed by atoms with van der Waals surface area (Å²) in [6.07, 6.45) is 8.30. The fourth-order valence-corrected chi connectivity index (χ4v) is 10.4. The maximum Gasteiger partial charge on any atom is 0.407 e. The minimum Gasteiger partial charge on any atom is -0.453 e. The summed E-state index contributed by atoms with van der Waals surface area (Å²) in [6, 6.07) is 16.3. The van der Waals surface area contributed by atoms with Crippen molar-refractivity contribution in [3.63, 3.8) is 0 Å². The van der Waals surface area contributed by atoms with Crippen LogP contribution in [0.3, 0.4) is 0 Å². The van der Waals surface area contributed by atoms with Crippen molar-refractivity contribution in [2.24, 2.45) is 22.2 Å². The van der Waals surface area contributed by atoms with Crippen LogP contribution in [0.4, 0.5) is 19.3 Å². The van der Waals surface area contributed by atoms with Crippen molar-refractivity contribution in [3.8, 4) is 33.5 Å². The molecule has 284 valence electrons. The number of imidazole rings is 1. The third-order valence-corrected chi connectivity index (χ3v) is 13.7. The highest BCUT2D eigenvalue weighted by Crippen LogP contribution is 2.59. The zero-order valence-corrected chi connectivity index (χ0v) is 31.6. The molecule has 3 aliphatic heterocycles. The van der Waals surface area contributed by atoms with Crippen LogP contribution in [0.15, 0.2) is 65.8 Å². The number of methoxy groups -OCH3 is 1. The molecule has 10 rings (SSSR count). The van der Waals surface area contributed by atoms with Crippen LogP contribution in [0, 0.1) is 17.3 Å². The molecule has 0 unspecified atom stereocenters. The number of piperidine rings is 1. The van der Waals surface area contributed by atoms with Crippen LogP contribution >= 0.6 is 0 Å². The normalized spacial score (nSPS) is 26.6. The third-order valence-electron chi connectivity index (χ3n) is 13.7. The molecule has 4 aromatic rings. The van der Waals surface area contributed by atoms with Gasteiger partial charge in [0.05, 0.1) is 36.3 Å². The molecule has 4 fully saturated rings. The average Bonchev–Trinajstić information content (AvgIpc) is 3.82. The van der Waals surface area contributed by atoms with Gasteiger partial charge in [-0.25, -0.2) is 9.78 Å². The molecule has 3 N–H and O–H groups in total. The summed E-state index contributed by atoms with van der Waals surface area (Å²) in [4.78, 5) is 41.0. The smallest absolute Gasteiger partial charge is 0.407 e. The highest BCUT2D eigenvalue weighted by molar-refractivity contribution is 6.02. The van der Waals surface area contributed by atoms with Crippen LogP contribution in [0.1, 0.15) is 87.9 Å². The molecule has 2 amide bonds. The van der Waals surface area contributed by atoms with E-state index in [-0.39, 0.29) is 39.9 Å². The van der Waals surface area contributed by atoms with E-state index in [9.17, 15) is 9.59 Å². The highest BCUT2D eigenvalue weighted by Gasteiger charge is 2.55. The number of benzene rings is 3. The number of fused-ring (bicyclic) bond motifs is 6. The van der Waals surface area contributed by atoms with E-state index < -0.39 is 18.1 Å². The van der Waals surface area contributed by atoms with Crippen molar-refractivity contribution < 1.29 is 23.1 Å². The Labute approximate surface area is 319 Å². The Morgan fingerprint density at radius 3 is 2.36 bits per heavy atom. The van der Waals surface area contributed by atoms with Crippen molar-refractivity contribution in [2.45, 2.75) is 95.3 Å². The molecule has 0 radical (unpaired) electrons. The molecule has 9 nitrogen and oxygen atoms in total. The lowest BCUT2D eigenvalue weighted by atomic mass is 9.80. The van der Waals surface area contributed by atoms with E-state index in [0.29, 0.717) is 46.7 Å². The minimum atomic E-state index is -3.19. The molecule has 5 atom stereocenters. The summed E-state index contributed by atoms with van der Waals surface area (Å²) < 4.78 is 37.8. The number of hydrogen-bond acceptors (Lipinski definition) is 6. The number of carbonyl (C=O) groups is 2. The number of H-pyrrole nitrogens is 1. The molecule has 55 heavy (non-hydrogen) atoms. The zero-order valence-electron chi connectivity index (χ0n) is 31.6. The van der Waals surface area contributed by atoms with Gasteiger partial charge < -0.3 is 25.3 Å². The predicted molar refractivity (Wildman–Crippen MR) is 206 cm³/mol.